The maximum atomic E-state index is 3.77. The molecule has 73 valence electrons. The van der Waals surface area contributed by atoms with Gasteiger partial charge in [0.1, 0.15) is 0 Å². The van der Waals surface area contributed by atoms with Crippen LogP contribution in [0.15, 0.2) is 36.5 Å². The van der Waals surface area contributed by atoms with Crippen LogP contribution in [0.5, 0.6) is 0 Å². The number of hydrogen-bond donors (Lipinski definition) is 0. The lowest BCUT2D eigenvalue weighted by molar-refractivity contribution is 1.04. The molecule has 0 rings (SSSR count). The average molecular weight is 177 g/mol. The van der Waals surface area contributed by atoms with Crippen LogP contribution in [0.1, 0.15) is 39.0 Å². The van der Waals surface area contributed by atoms with Crippen LogP contribution < -0.4 is 0 Å². The number of rotatable bonds is 7. The Bertz CT molecular complexity index is 161. The molecule has 13 heavy (non-hydrogen) atoms. The lowest BCUT2D eigenvalue weighted by atomic mass is 10.2. The van der Waals surface area contributed by atoms with Crippen molar-refractivity contribution in [2.45, 2.75) is 39.0 Å². The van der Waals surface area contributed by atoms with Crippen molar-refractivity contribution in [3.63, 3.8) is 0 Å². The summed E-state index contributed by atoms with van der Waals surface area (Å²) in [5.74, 6) is 0. The van der Waals surface area contributed by atoms with Gasteiger partial charge in [0.25, 0.3) is 0 Å². The predicted molar refractivity (Wildman–Crippen MR) is 61.5 cm³/mol. The van der Waals surface area contributed by atoms with E-state index in [-0.39, 0.29) is 0 Å². The first-order valence-electron chi connectivity index (χ1n) is 5.16. The summed E-state index contributed by atoms with van der Waals surface area (Å²) in [7, 11) is 0. The van der Waals surface area contributed by atoms with Gasteiger partial charge in [0.05, 0.1) is 0 Å². The molecule has 0 atom stereocenters. The Morgan fingerprint density at radius 1 is 0.846 bits per heavy atom. The molecule has 0 aromatic heterocycles. The molecular formula is C13H21. The highest BCUT2D eigenvalue weighted by Gasteiger charge is 1.73. The fraction of sp³-hybridized carbons (Fsp3) is 0.462. The fourth-order valence-electron chi connectivity index (χ4n) is 0.944. The zero-order valence-electron chi connectivity index (χ0n) is 8.71. The average Bonchev–Trinajstić information content (AvgIpc) is 2.16. The molecule has 0 heterocycles. The lowest BCUT2D eigenvalue weighted by Gasteiger charge is -1.84. The Balaban J connectivity index is 3.26. The van der Waals surface area contributed by atoms with E-state index in [1.807, 2.05) is 0 Å². The van der Waals surface area contributed by atoms with Gasteiger partial charge in [0.15, 0.2) is 0 Å². The first-order valence-corrected chi connectivity index (χ1v) is 5.16. The summed E-state index contributed by atoms with van der Waals surface area (Å²) in [6.07, 6.45) is 18.6. The first-order chi connectivity index (χ1) is 6.41. The highest BCUT2D eigenvalue weighted by molar-refractivity contribution is 4.96. The number of allylic oxidation sites excluding steroid dienone is 6. The second-order valence-electron chi connectivity index (χ2n) is 2.94. The fourth-order valence-corrected chi connectivity index (χ4v) is 0.944. The van der Waals surface area contributed by atoms with E-state index in [4.69, 9.17) is 0 Å². The minimum absolute atomic E-state index is 0.999. The van der Waals surface area contributed by atoms with Gasteiger partial charge in [-0.05, 0) is 32.1 Å². The largest absolute Gasteiger partial charge is 0.0885 e. The Morgan fingerprint density at radius 2 is 1.38 bits per heavy atom. The number of hydrogen-bond acceptors (Lipinski definition) is 0. The standard InChI is InChI=1S/C13H21/c1-3-5-7-9-11-13-12-10-8-6-4-2/h6-9,12-13H,1,3-5,10-11H2,2H3. The molecule has 0 nitrogen and oxygen atoms in total. The van der Waals surface area contributed by atoms with Crippen molar-refractivity contribution in [1.29, 1.82) is 0 Å². The summed E-state index contributed by atoms with van der Waals surface area (Å²) < 4.78 is 0. The second-order valence-corrected chi connectivity index (χ2v) is 2.94. The summed E-state index contributed by atoms with van der Waals surface area (Å²) in [5.41, 5.74) is 0. The molecule has 0 aliphatic carbocycles. The van der Waals surface area contributed by atoms with E-state index in [2.05, 4.69) is 50.3 Å². The zero-order chi connectivity index (χ0) is 9.78. The monoisotopic (exact) mass is 177 g/mol. The third kappa shape index (κ3) is 11.2. The highest BCUT2D eigenvalue weighted by Crippen LogP contribution is 1.94. The third-order valence-electron chi connectivity index (χ3n) is 1.65. The van der Waals surface area contributed by atoms with Crippen molar-refractivity contribution in [3.8, 4) is 0 Å². The van der Waals surface area contributed by atoms with Crippen LogP contribution in [-0.4, -0.2) is 0 Å². The molecule has 0 aromatic rings. The van der Waals surface area contributed by atoms with E-state index in [9.17, 15) is 0 Å². The second kappa shape index (κ2) is 11.2. The lowest BCUT2D eigenvalue weighted by Crippen LogP contribution is -1.63. The van der Waals surface area contributed by atoms with Crippen LogP contribution in [0.4, 0.5) is 0 Å². The molecule has 0 fully saturated rings. The van der Waals surface area contributed by atoms with E-state index in [0.29, 0.717) is 0 Å². The van der Waals surface area contributed by atoms with Crippen molar-refractivity contribution >= 4 is 0 Å². The SMILES string of the molecule is [CH2]CCC=CCC=CCC=CCC. The Morgan fingerprint density at radius 3 is 1.92 bits per heavy atom. The molecule has 0 heteroatoms. The molecule has 0 bridgehead atoms. The van der Waals surface area contributed by atoms with E-state index >= 15 is 0 Å². The highest BCUT2D eigenvalue weighted by atomic mass is 13.8. The maximum absolute atomic E-state index is 3.77. The summed E-state index contributed by atoms with van der Waals surface area (Å²) in [6, 6.07) is 0. The third-order valence-corrected chi connectivity index (χ3v) is 1.65. The van der Waals surface area contributed by atoms with Crippen LogP contribution >= 0.6 is 0 Å². The molecule has 0 saturated carbocycles. The Kier molecular flexibility index (Phi) is 10.5. The number of unbranched alkanes of at least 4 members (excludes halogenated alkanes) is 1. The van der Waals surface area contributed by atoms with Gasteiger partial charge >= 0.3 is 0 Å². The van der Waals surface area contributed by atoms with Crippen LogP contribution in [0.2, 0.25) is 0 Å². The zero-order valence-corrected chi connectivity index (χ0v) is 8.71. The van der Waals surface area contributed by atoms with Crippen molar-refractivity contribution in [2.24, 2.45) is 0 Å². The molecule has 1 radical (unpaired) electrons. The van der Waals surface area contributed by atoms with Gasteiger partial charge in [0.2, 0.25) is 0 Å². The van der Waals surface area contributed by atoms with E-state index in [1.165, 1.54) is 0 Å². The molecule has 0 aliphatic heterocycles. The normalized spacial score (nSPS) is 12.5. The maximum Gasteiger partial charge on any atom is -0.0169 e. The molecule has 0 amide bonds. The minimum Gasteiger partial charge on any atom is -0.0885 e. The minimum atomic E-state index is 0.999. The predicted octanol–water partition coefficient (Wildman–Crippen LogP) is 4.46. The van der Waals surface area contributed by atoms with Crippen LogP contribution in [-0.2, 0) is 0 Å². The van der Waals surface area contributed by atoms with Gasteiger partial charge in [-0.2, -0.15) is 0 Å². The first kappa shape index (κ1) is 12.2. The quantitative estimate of drug-likeness (QED) is 0.504. The smallest absolute Gasteiger partial charge is 0.0169 e. The molecule has 0 aliphatic rings. The summed E-state index contributed by atoms with van der Waals surface area (Å²) in [5, 5.41) is 0. The Labute approximate surface area is 83.0 Å². The Hall–Kier alpha value is -0.780. The van der Waals surface area contributed by atoms with Crippen molar-refractivity contribution < 1.29 is 0 Å². The summed E-state index contributed by atoms with van der Waals surface area (Å²) in [6.45, 7) is 5.93. The van der Waals surface area contributed by atoms with Crippen LogP contribution in [0.3, 0.4) is 0 Å². The molecule has 0 aromatic carbocycles. The van der Waals surface area contributed by atoms with Crippen molar-refractivity contribution in [1.82, 2.24) is 0 Å². The van der Waals surface area contributed by atoms with Crippen molar-refractivity contribution in [2.75, 3.05) is 0 Å². The summed E-state index contributed by atoms with van der Waals surface area (Å²) >= 11 is 0. The van der Waals surface area contributed by atoms with Gasteiger partial charge in [-0.15, -0.1) is 0 Å². The van der Waals surface area contributed by atoms with E-state index in [1.54, 1.807) is 0 Å². The molecule has 0 N–H and O–H groups in total. The molecule has 0 spiro atoms. The van der Waals surface area contributed by atoms with Gasteiger partial charge in [-0.3, -0.25) is 0 Å². The van der Waals surface area contributed by atoms with Gasteiger partial charge in [-0.25, -0.2) is 0 Å². The summed E-state index contributed by atoms with van der Waals surface area (Å²) in [4.78, 5) is 0. The van der Waals surface area contributed by atoms with Crippen molar-refractivity contribution in [3.05, 3.63) is 43.4 Å². The molecular weight excluding hydrogens is 156 g/mol. The topological polar surface area (TPSA) is 0 Å². The van der Waals surface area contributed by atoms with E-state index < -0.39 is 0 Å². The molecule has 0 unspecified atom stereocenters. The van der Waals surface area contributed by atoms with Gasteiger partial charge < -0.3 is 0 Å². The van der Waals surface area contributed by atoms with Gasteiger partial charge in [-0.1, -0.05) is 50.3 Å². The van der Waals surface area contributed by atoms with Crippen LogP contribution in [0.25, 0.3) is 0 Å². The molecule has 0 saturated heterocycles. The van der Waals surface area contributed by atoms with E-state index in [0.717, 1.165) is 32.1 Å². The van der Waals surface area contributed by atoms with Crippen LogP contribution in [0, 0.1) is 6.92 Å². The van der Waals surface area contributed by atoms with Gasteiger partial charge in [0, 0.05) is 0 Å².